The molecule has 0 saturated carbocycles. The Bertz CT molecular complexity index is 1750. The van der Waals surface area contributed by atoms with E-state index in [1.165, 1.54) is 37.1 Å². The molecule has 36 heavy (non-hydrogen) atoms. The molecule has 0 heterocycles. The maximum Gasteiger partial charge on any atom is 0.313 e. The molecule has 0 amide bonds. The van der Waals surface area contributed by atoms with Crippen molar-refractivity contribution in [2.24, 2.45) is 11.8 Å². The molecule has 3 aromatic rings. The van der Waals surface area contributed by atoms with Crippen LogP contribution in [-0.4, -0.2) is 35.5 Å². The average molecular weight is 556 g/mol. The maximum absolute atomic E-state index is 13.1. The van der Waals surface area contributed by atoms with E-state index in [1.807, 2.05) is 0 Å². The first-order valence-corrected chi connectivity index (χ1v) is 13.9. The third kappa shape index (κ3) is 4.53. The summed E-state index contributed by atoms with van der Waals surface area (Å²) in [5, 5.41) is 19.4. The van der Waals surface area contributed by atoms with E-state index in [1.54, 1.807) is 0 Å². The first kappa shape index (κ1) is 25.6. The normalized spacial score (nSPS) is 13.9. The number of sulfonamides is 1. The predicted molar refractivity (Wildman–Crippen MR) is 125 cm³/mol. The van der Waals surface area contributed by atoms with E-state index >= 15 is 0 Å². The molecule has 1 aliphatic carbocycles. The number of anilines is 1. The highest BCUT2D eigenvalue weighted by molar-refractivity contribution is 7.92. The number of aromatic hydroxyl groups is 1. The lowest BCUT2D eigenvalue weighted by atomic mass is 9.96. The monoisotopic (exact) mass is 555 g/mol. The summed E-state index contributed by atoms with van der Waals surface area (Å²) in [6.07, 6.45) is 4.34. The van der Waals surface area contributed by atoms with Crippen LogP contribution < -0.4 is 16.5 Å². The maximum atomic E-state index is 13.1. The highest BCUT2D eigenvalue weighted by Crippen LogP contribution is 2.39. The standard InChI is InChI=1S/C20H15N3O10S3/c21-32-35(28,29)15-9-16-19(36(30,31)33-22)6-5-17(20(16)18(25)10-15)23-34(26,27)14-4-2-11-7-13(24)3-1-12(11)8-14/h1-10,23H,21-22H2/p+2. The number of phenolic OH excluding ortho intramolecular Hbond substituents is 1. The first-order valence-electron chi connectivity index (χ1n) is 9.61. The van der Waals surface area contributed by atoms with Crippen molar-refractivity contribution in [2.75, 3.05) is 4.72 Å². The van der Waals surface area contributed by atoms with Gasteiger partial charge in [-0.2, -0.15) is 37.2 Å². The summed E-state index contributed by atoms with van der Waals surface area (Å²) >= 11 is 0. The zero-order valence-electron chi connectivity index (χ0n) is 17.8. The van der Waals surface area contributed by atoms with Gasteiger partial charge in [0.25, 0.3) is 15.8 Å². The van der Waals surface area contributed by atoms with Crippen molar-refractivity contribution in [3.63, 3.8) is 0 Å². The number of nitrogens with two attached hydrogens (primary N) is 2. The van der Waals surface area contributed by atoms with E-state index < -0.39 is 51.2 Å². The van der Waals surface area contributed by atoms with Gasteiger partial charge in [-0.05, 0) is 18.2 Å². The summed E-state index contributed by atoms with van der Waals surface area (Å²) in [6.45, 7) is 0. The molecule has 0 saturated heterocycles. The third-order valence-electron chi connectivity index (χ3n) is 5.19. The largest absolute Gasteiger partial charge is 0.507 e. The highest BCUT2D eigenvalue weighted by Gasteiger charge is 2.31. The van der Waals surface area contributed by atoms with Gasteiger partial charge in [-0.3, -0.25) is 4.72 Å². The van der Waals surface area contributed by atoms with Gasteiger partial charge in [0, 0.05) is 22.9 Å². The van der Waals surface area contributed by atoms with Crippen LogP contribution in [0.1, 0.15) is 11.1 Å². The smallest absolute Gasteiger partial charge is 0.313 e. The van der Waals surface area contributed by atoms with Gasteiger partial charge in [-0.25, -0.2) is 8.42 Å². The van der Waals surface area contributed by atoms with Gasteiger partial charge in [0.15, 0.2) is 22.4 Å². The molecule has 4 rings (SSSR count). The van der Waals surface area contributed by atoms with Crippen molar-refractivity contribution in [1.82, 2.24) is 0 Å². The van der Waals surface area contributed by atoms with Gasteiger partial charge in [0.1, 0.15) is 23.1 Å². The molecule has 0 bridgehead atoms. The zero-order chi connectivity index (χ0) is 26.5. The second kappa shape index (κ2) is 8.86. The second-order valence-electron chi connectivity index (χ2n) is 7.38. The molecule has 0 aromatic heterocycles. The fourth-order valence-corrected chi connectivity index (χ4v) is 6.05. The zero-order valence-corrected chi connectivity index (χ0v) is 20.3. The summed E-state index contributed by atoms with van der Waals surface area (Å²) in [7, 11) is -13.6. The van der Waals surface area contributed by atoms with E-state index in [9.17, 15) is 35.5 Å². The van der Waals surface area contributed by atoms with E-state index in [0.29, 0.717) is 17.2 Å². The van der Waals surface area contributed by atoms with E-state index in [2.05, 4.69) is 13.3 Å². The number of hydrogen-bond donors (Lipinski definition) is 5. The summed E-state index contributed by atoms with van der Waals surface area (Å²) in [5.74, 6) is 8.80. The Labute approximate surface area is 205 Å². The first-order chi connectivity index (χ1) is 16.8. The van der Waals surface area contributed by atoms with Crippen molar-refractivity contribution >= 4 is 46.7 Å². The number of benzene rings is 3. The van der Waals surface area contributed by atoms with Crippen LogP contribution in [0.15, 0.2) is 69.0 Å². The predicted octanol–water partition coefficient (Wildman–Crippen LogP) is 1.06. The molecule has 0 atom stereocenters. The van der Waals surface area contributed by atoms with Gasteiger partial charge in [-0.15, -0.1) is 0 Å². The Kier molecular flexibility index (Phi) is 6.29. The third-order valence-corrected chi connectivity index (χ3v) is 8.77. The summed E-state index contributed by atoms with van der Waals surface area (Å²) in [6, 6.07) is 7.51. The van der Waals surface area contributed by atoms with Crippen LogP contribution in [0, 0.1) is 12.8 Å². The molecule has 0 spiro atoms. The summed E-state index contributed by atoms with van der Waals surface area (Å²) in [5.41, 5.74) is 0.785. The molecule has 13 nitrogen and oxygen atoms in total. The fourth-order valence-electron chi connectivity index (χ4n) is 3.55. The number of nitrogens with one attached hydrogen (secondary N) is 1. The molecule has 188 valence electrons. The van der Waals surface area contributed by atoms with Crippen LogP contribution in [-0.2, 0) is 38.8 Å². The number of hydrogen-bond acceptors (Lipinski definition) is 12. The van der Waals surface area contributed by atoms with Gasteiger partial charge in [0.2, 0.25) is 0 Å². The Morgan fingerprint density at radius 2 is 1.50 bits per heavy atom. The molecule has 0 fully saturated rings. The lowest BCUT2D eigenvalue weighted by molar-refractivity contribution is 0.331. The topological polar surface area (TPSA) is 225 Å². The Hall–Kier alpha value is -3.51. The number of aliphatic hydroxyl groups is 1. The minimum atomic E-state index is -4.65. The van der Waals surface area contributed by atoms with Gasteiger partial charge in [0.05, 0.1) is 22.7 Å². The number of allylic oxidation sites excluding steroid dienone is 2. The summed E-state index contributed by atoms with van der Waals surface area (Å²) in [4.78, 5) is -1.58. The number of phenols is 1. The van der Waals surface area contributed by atoms with Crippen LogP contribution in [0.5, 0.6) is 5.75 Å². The molecule has 1 aliphatic rings. The molecule has 0 radical (unpaired) electrons. The van der Waals surface area contributed by atoms with Gasteiger partial charge in [-0.1, -0.05) is 0 Å². The molecule has 16 heteroatoms. The lowest BCUT2D eigenvalue weighted by Gasteiger charge is -2.15. The fraction of sp³-hybridized carbons (Fsp3) is 0. The summed E-state index contributed by atoms with van der Waals surface area (Å²) < 4.78 is 85.3. The average Bonchev–Trinajstić information content (AvgIpc) is 2.83. The van der Waals surface area contributed by atoms with Crippen LogP contribution in [0.2, 0.25) is 0 Å². The molecular weight excluding hydrogens is 538 g/mol. The highest BCUT2D eigenvalue weighted by atomic mass is 32.2. The van der Waals surface area contributed by atoms with Crippen LogP contribution in [0.25, 0.3) is 10.8 Å². The molecular formula is C20H17N3O10S3+2. The Morgan fingerprint density at radius 3 is 2.17 bits per heavy atom. The molecule has 3 aromatic carbocycles. The quantitative estimate of drug-likeness (QED) is 0.204. The number of rotatable bonds is 7. The van der Waals surface area contributed by atoms with E-state index in [0.717, 1.165) is 18.2 Å². The van der Waals surface area contributed by atoms with Crippen molar-refractivity contribution in [1.29, 1.82) is 0 Å². The minimum Gasteiger partial charge on any atom is -0.507 e. The molecule has 0 aliphatic heterocycles. The SMILES string of the molecule is NOS(=O)(=O)c1cc(O)c2c(NS(=O)(=O)c3ccc4c(c3)[CH+]C=C(O)[CH+]4)ccc(S(=O)(=O)ON)c2c1. The van der Waals surface area contributed by atoms with Crippen LogP contribution in [0.3, 0.4) is 0 Å². The van der Waals surface area contributed by atoms with Crippen molar-refractivity contribution in [3.05, 3.63) is 78.3 Å². The number of fused-ring (bicyclic) bond motifs is 2. The Morgan fingerprint density at radius 1 is 0.806 bits per heavy atom. The Balaban J connectivity index is 1.89. The van der Waals surface area contributed by atoms with Crippen molar-refractivity contribution in [2.45, 2.75) is 14.7 Å². The molecule has 0 unspecified atom stereocenters. The van der Waals surface area contributed by atoms with Crippen LogP contribution >= 0.6 is 0 Å². The second-order valence-corrected chi connectivity index (χ2v) is 12.2. The van der Waals surface area contributed by atoms with Gasteiger partial charge >= 0.3 is 20.2 Å². The minimum absolute atomic E-state index is 0.00361. The lowest BCUT2D eigenvalue weighted by Crippen LogP contribution is -2.16. The van der Waals surface area contributed by atoms with Crippen molar-refractivity contribution < 1.29 is 44.0 Å². The van der Waals surface area contributed by atoms with Gasteiger partial charge < -0.3 is 10.2 Å². The van der Waals surface area contributed by atoms with Crippen molar-refractivity contribution in [3.8, 4) is 5.75 Å². The molecule has 7 N–H and O–H groups in total. The number of aliphatic hydroxyl groups excluding tert-OH is 1. The van der Waals surface area contributed by atoms with Crippen LogP contribution in [0.4, 0.5) is 5.69 Å². The van der Waals surface area contributed by atoms with E-state index in [-0.39, 0.29) is 21.7 Å². The van der Waals surface area contributed by atoms with E-state index in [4.69, 9.17) is 11.8 Å².